The average molecular weight is 364 g/mol. The summed E-state index contributed by atoms with van der Waals surface area (Å²) in [7, 11) is 4.30. The predicted molar refractivity (Wildman–Crippen MR) is 93.4 cm³/mol. The van der Waals surface area contributed by atoms with Crippen LogP contribution in [0.4, 0.5) is 0 Å². The Balaban J connectivity index is 2.86. The van der Waals surface area contributed by atoms with Crippen molar-refractivity contribution in [2.75, 3.05) is 27.9 Å². The molecule has 0 heterocycles. The average Bonchev–Trinajstić information content (AvgIpc) is 2.64. The lowest BCUT2D eigenvalue weighted by molar-refractivity contribution is -0.125. The second-order valence-corrected chi connectivity index (χ2v) is 6.01. The van der Waals surface area contributed by atoms with Gasteiger partial charge in [-0.3, -0.25) is 4.79 Å². The molecule has 0 saturated carbocycles. The van der Waals surface area contributed by atoms with Gasteiger partial charge in [0.05, 0.1) is 33.0 Å². The van der Waals surface area contributed by atoms with E-state index in [0.717, 1.165) is 0 Å². The molecule has 0 radical (unpaired) electrons. The Bertz CT molecular complexity index is 685. The van der Waals surface area contributed by atoms with Crippen LogP contribution in [0.15, 0.2) is 12.1 Å². The molecule has 142 valence electrons. The Hall–Kier alpha value is -2.95. The van der Waals surface area contributed by atoms with Gasteiger partial charge in [-0.05, 0) is 25.0 Å². The molecule has 0 aliphatic heterocycles. The molecule has 1 N–H and O–H groups in total. The summed E-state index contributed by atoms with van der Waals surface area (Å²) in [5, 5.41) is 11.8. The molecule has 26 heavy (non-hydrogen) atoms. The first-order chi connectivity index (χ1) is 12.2. The number of ether oxygens (including phenoxy) is 4. The van der Waals surface area contributed by atoms with Gasteiger partial charge in [0, 0.05) is 0 Å². The first kappa shape index (κ1) is 21.1. The van der Waals surface area contributed by atoms with Crippen LogP contribution in [0.1, 0.15) is 31.1 Å². The predicted octanol–water partition coefficient (Wildman–Crippen LogP) is 1.92. The number of rotatable bonds is 8. The zero-order chi connectivity index (χ0) is 19.9. The molecule has 0 fully saturated rings. The zero-order valence-electron chi connectivity index (χ0n) is 15.8. The van der Waals surface area contributed by atoms with Crippen LogP contribution in [0.3, 0.4) is 0 Å². The summed E-state index contributed by atoms with van der Waals surface area (Å²) in [5.41, 5.74) is -0.907. The molecule has 1 atom stereocenters. The van der Waals surface area contributed by atoms with E-state index in [1.807, 2.05) is 13.8 Å². The quantitative estimate of drug-likeness (QED) is 0.702. The van der Waals surface area contributed by atoms with Gasteiger partial charge in [0.15, 0.2) is 18.1 Å². The van der Waals surface area contributed by atoms with Crippen molar-refractivity contribution in [2.45, 2.75) is 26.3 Å². The molecule has 0 aliphatic carbocycles. The third-order valence-electron chi connectivity index (χ3n) is 4.02. The highest BCUT2D eigenvalue weighted by atomic mass is 16.5. The molecule has 0 unspecified atom stereocenters. The topological polar surface area (TPSA) is 107 Å². The highest BCUT2D eigenvalue weighted by Gasteiger charge is 2.30. The van der Waals surface area contributed by atoms with Crippen LogP contribution < -0.4 is 19.5 Å². The number of hydrogen-bond acceptors (Lipinski definition) is 7. The van der Waals surface area contributed by atoms with Gasteiger partial charge >= 0.3 is 5.97 Å². The molecule has 0 aliphatic rings. The minimum absolute atomic E-state index is 0.109. The van der Waals surface area contributed by atoms with Crippen LogP contribution in [-0.4, -0.2) is 45.4 Å². The molecule has 1 aromatic rings. The maximum absolute atomic E-state index is 12.2. The van der Waals surface area contributed by atoms with E-state index in [-0.39, 0.29) is 11.5 Å². The molecular weight excluding hydrogens is 340 g/mol. The van der Waals surface area contributed by atoms with Gasteiger partial charge in [0.2, 0.25) is 5.75 Å². The van der Waals surface area contributed by atoms with E-state index in [1.165, 1.54) is 33.5 Å². The SMILES string of the molecule is COc1cc(C(=O)OCC(=O)N[C@](C)(C#N)C(C)C)cc(OC)c1OC. The van der Waals surface area contributed by atoms with Crippen molar-refractivity contribution in [2.24, 2.45) is 5.92 Å². The van der Waals surface area contributed by atoms with Crippen molar-refractivity contribution < 1.29 is 28.5 Å². The smallest absolute Gasteiger partial charge is 0.338 e. The maximum atomic E-state index is 12.2. The Kier molecular flexibility index (Phi) is 7.26. The number of hydrogen-bond donors (Lipinski definition) is 1. The summed E-state index contributed by atoms with van der Waals surface area (Å²) in [6.45, 7) is 4.72. The van der Waals surface area contributed by atoms with Gasteiger partial charge in [-0.25, -0.2) is 4.79 Å². The summed E-state index contributed by atoms with van der Waals surface area (Å²) in [4.78, 5) is 24.2. The third kappa shape index (κ3) is 4.79. The fourth-order valence-corrected chi connectivity index (χ4v) is 2.04. The number of methoxy groups -OCH3 is 3. The Morgan fingerprint density at radius 2 is 1.69 bits per heavy atom. The van der Waals surface area contributed by atoms with E-state index in [2.05, 4.69) is 11.4 Å². The third-order valence-corrected chi connectivity index (χ3v) is 4.02. The lowest BCUT2D eigenvalue weighted by Crippen LogP contribution is -2.50. The van der Waals surface area contributed by atoms with Crippen LogP contribution in [0.25, 0.3) is 0 Å². The first-order valence-electron chi connectivity index (χ1n) is 7.91. The number of nitriles is 1. The van der Waals surface area contributed by atoms with Crippen molar-refractivity contribution in [3.8, 4) is 23.3 Å². The second-order valence-electron chi connectivity index (χ2n) is 6.01. The molecule has 0 spiro atoms. The number of esters is 1. The van der Waals surface area contributed by atoms with Crippen molar-refractivity contribution in [3.63, 3.8) is 0 Å². The van der Waals surface area contributed by atoms with Gasteiger partial charge in [0.25, 0.3) is 5.91 Å². The number of nitrogens with zero attached hydrogens (tertiary/aromatic N) is 1. The monoisotopic (exact) mass is 364 g/mol. The normalized spacial score (nSPS) is 12.5. The van der Waals surface area contributed by atoms with E-state index in [4.69, 9.17) is 18.9 Å². The first-order valence-corrected chi connectivity index (χ1v) is 7.91. The highest BCUT2D eigenvalue weighted by Crippen LogP contribution is 2.38. The Morgan fingerprint density at radius 1 is 1.15 bits per heavy atom. The minimum atomic E-state index is -1.05. The van der Waals surface area contributed by atoms with Crippen LogP contribution in [-0.2, 0) is 9.53 Å². The Morgan fingerprint density at radius 3 is 2.08 bits per heavy atom. The minimum Gasteiger partial charge on any atom is -0.493 e. The van der Waals surface area contributed by atoms with E-state index in [9.17, 15) is 14.9 Å². The lowest BCUT2D eigenvalue weighted by atomic mass is 9.90. The van der Waals surface area contributed by atoms with Gasteiger partial charge in [-0.15, -0.1) is 0 Å². The molecule has 0 bridgehead atoms. The van der Waals surface area contributed by atoms with Gasteiger partial charge in [-0.1, -0.05) is 13.8 Å². The summed E-state index contributed by atoms with van der Waals surface area (Å²) in [5.74, 6) is -0.486. The van der Waals surface area contributed by atoms with Crippen LogP contribution in [0, 0.1) is 17.2 Å². The van der Waals surface area contributed by atoms with Crippen molar-refractivity contribution in [1.82, 2.24) is 5.32 Å². The molecule has 1 aromatic carbocycles. The summed E-state index contributed by atoms with van der Waals surface area (Å²) in [6, 6.07) is 4.90. The van der Waals surface area contributed by atoms with E-state index < -0.39 is 24.0 Å². The molecule has 8 heteroatoms. The van der Waals surface area contributed by atoms with Crippen LogP contribution in [0.2, 0.25) is 0 Å². The van der Waals surface area contributed by atoms with Gasteiger partial charge < -0.3 is 24.3 Å². The second kappa shape index (κ2) is 8.94. The Labute approximate surface area is 153 Å². The fourth-order valence-electron chi connectivity index (χ4n) is 2.04. The van der Waals surface area contributed by atoms with E-state index in [0.29, 0.717) is 17.2 Å². The van der Waals surface area contributed by atoms with Crippen molar-refractivity contribution in [1.29, 1.82) is 5.26 Å². The lowest BCUT2D eigenvalue weighted by Gasteiger charge is -2.27. The van der Waals surface area contributed by atoms with Crippen molar-refractivity contribution >= 4 is 11.9 Å². The highest BCUT2D eigenvalue weighted by molar-refractivity contribution is 5.93. The standard InChI is InChI=1S/C18H24N2O6/c1-11(2)18(3,10-19)20-15(21)9-26-17(22)12-7-13(23-4)16(25-6)14(8-12)24-5/h7-8,11H,9H2,1-6H3,(H,20,21)/t18-/m1/s1. The number of carbonyl (C=O) groups is 2. The fraction of sp³-hybridized carbons (Fsp3) is 0.500. The molecule has 8 nitrogen and oxygen atoms in total. The zero-order valence-corrected chi connectivity index (χ0v) is 15.8. The molecular formula is C18H24N2O6. The summed E-state index contributed by atoms with van der Waals surface area (Å²) >= 11 is 0. The van der Waals surface area contributed by atoms with Crippen LogP contribution >= 0.6 is 0 Å². The number of nitrogens with one attached hydrogen (secondary N) is 1. The van der Waals surface area contributed by atoms with Crippen LogP contribution in [0.5, 0.6) is 17.2 Å². The van der Waals surface area contributed by atoms with Gasteiger partial charge in [-0.2, -0.15) is 5.26 Å². The molecule has 0 aromatic heterocycles. The van der Waals surface area contributed by atoms with Crippen molar-refractivity contribution in [3.05, 3.63) is 17.7 Å². The van der Waals surface area contributed by atoms with E-state index in [1.54, 1.807) is 6.92 Å². The summed E-state index contributed by atoms with van der Waals surface area (Å²) in [6.07, 6.45) is 0. The number of amides is 1. The van der Waals surface area contributed by atoms with Gasteiger partial charge in [0.1, 0.15) is 5.54 Å². The summed E-state index contributed by atoms with van der Waals surface area (Å²) < 4.78 is 20.6. The molecule has 1 rings (SSSR count). The largest absolute Gasteiger partial charge is 0.493 e. The molecule has 1 amide bonds. The van der Waals surface area contributed by atoms with E-state index >= 15 is 0 Å². The maximum Gasteiger partial charge on any atom is 0.338 e. The molecule has 0 saturated heterocycles. The number of carbonyl (C=O) groups excluding carboxylic acids is 2. The number of benzene rings is 1.